The monoisotopic (exact) mass is 290 g/mol. The van der Waals surface area contributed by atoms with Gasteiger partial charge in [0.05, 0.1) is 21.1 Å². The Balaban J connectivity index is 1.90. The van der Waals surface area contributed by atoms with Gasteiger partial charge in [-0.25, -0.2) is 0 Å². The van der Waals surface area contributed by atoms with Gasteiger partial charge >= 0.3 is 0 Å². The standard InChI is InChI=1S/C21H24N/c1-22(2,3)17-10-13-19-16(14-17)9-12-20-18-7-5-4-6-15(18)8-11-21(19)20/h5,7,9,11-14H,4,6,8,10H2,1-3H3/q+1. The lowest BCUT2D eigenvalue weighted by atomic mass is 9.84. The zero-order chi connectivity index (χ0) is 15.3. The summed E-state index contributed by atoms with van der Waals surface area (Å²) < 4.78 is 0.911. The van der Waals surface area contributed by atoms with E-state index in [9.17, 15) is 0 Å². The number of nitrogens with zero attached hydrogens (tertiary/aromatic N) is 1. The van der Waals surface area contributed by atoms with E-state index >= 15 is 0 Å². The second kappa shape index (κ2) is 4.82. The molecule has 112 valence electrons. The van der Waals surface area contributed by atoms with Gasteiger partial charge in [0, 0.05) is 12.5 Å². The summed E-state index contributed by atoms with van der Waals surface area (Å²) in [6.07, 6.45) is 16.6. The van der Waals surface area contributed by atoms with E-state index in [2.05, 4.69) is 63.7 Å². The first kappa shape index (κ1) is 13.8. The molecule has 0 radical (unpaired) electrons. The molecule has 4 rings (SSSR count). The number of hydrogen-bond acceptors (Lipinski definition) is 0. The van der Waals surface area contributed by atoms with Gasteiger partial charge in [-0.3, -0.25) is 0 Å². The number of quaternary nitrogens is 1. The zero-order valence-electron chi connectivity index (χ0n) is 13.8. The fourth-order valence-electron chi connectivity index (χ4n) is 3.80. The molecule has 0 heterocycles. The second-order valence-electron chi connectivity index (χ2n) is 7.45. The summed E-state index contributed by atoms with van der Waals surface area (Å²) in [5, 5.41) is 2.90. The average molecular weight is 290 g/mol. The van der Waals surface area contributed by atoms with Crippen molar-refractivity contribution in [1.29, 1.82) is 0 Å². The quantitative estimate of drug-likeness (QED) is 0.697. The van der Waals surface area contributed by atoms with Gasteiger partial charge in [0.2, 0.25) is 0 Å². The van der Waals surface area contributed by atoms with Crippen molar-refractivity contribution >= 4 is 23.8 Å². The molecule has 1 aromatic carbocycles. The Bertz CT molecular complexity index is 854. The molecule has 0 unspecified atom stereocenters. The summed E-state index contributed by atoms with van der Waals surface area (Å²) >= 11 is 0. The predicted octanol–water partition coefficient (Wildman–Crippen LogP) is 3.21. The molecule has 0 amide bonds. The minimum atomic E-state index is 0.911. The van der Waals surface area contributed by atoms with Crippen molar-refractivity contribution in [1.82, 2.24) is 0 Å². The van der Waals surface area contributed by atoms with Crippen molar-refractivity contribution in [2.24, 2.45) is 0 Å². The summed E-state index contributed by atoms with van der Waals surface area (Å²) in [5.74, 6) is 0. The zero-order valence-corrected chi connectivity index (χ0v) is 13.8. The van der Waals surface area contributed by atoms with Crippen LogP contribution in [-0.2, 0) is 0 Å². The first-order valence-electron chi connectivity index (χ1n) is 8.29. The lowest BCUT2D eigenvalue weighted by molar-refractivity contribution is -0.831. The van der Waals surface area contributed by atoms with Gasteiger partial charge in [0.15, 0.2) is 0 Å². The maximum Gasteiger partial charge on any atom is 0.113 e. The Morgan fingerprint density at radius 2 is 1.77 bits per heavy atom. The SMILES string of the molecule is C[N+](C)(C)C1=Cc2ccc3c(c2=CC1)=CCC1=C3C=CCC1. The van der Waals surface area contributed by atoms with E-state index in [-0.39, 0.29) is 0 Å². The van der Waals surface area contributed by atoms with Crippen LogP contribution >= 0.6 is 0 Å². The summed E-state index contributed by atoms with van der Waals surface area (Å²) in [6.45, 7) is 0. The highest BCUT2D eigenvalue weighted by Crippen LogP contribution is 2.31. The Hall–Kier alpha value is -1.86. The number of rotatable bonds is 1. The van der Waals surface area contributed by atoms with Crippen LogP contribution in [0.5, 0.6) is 0 Å². The first-order chi connectivity index (χ1) is 10.5. The largest absolute Gasteiger partial charge is 0.302 e. The van der Waals surface area contributed by atoms with Crippen LogP contribution in [0.1, 0.15) is 36.8 Å². The van der Waals surface area contributed by atoms with Crippen molar-refractivity contribution in [3.63, 3.8) is 0 Å². The highest BCUT2D eigenvalue weighted by atomic mass is 15.3. The fourth-order valence-corrected chi connectivity index (χ4v) is 3.80. The summed E-state index contributed by atoms with van der Waals surface area (Å²) in [5.41, 5.74) is 7.40. The highest BCUT2D eigenvalue weighted by Gasteiger charge is 2.20. The molecule has 0 N–H and O–H groups in total. The first-order valence-corrected chi connectivity index (χ1v) is 8.29. The highest BCUT2D eigenvalue weighted by molar-refractivity contribution is 5.82. The molecule has 1 nitrogen and oxygen atoms in total. The van der Waals surface area contributed by atoms with Crippen molar-refractivity contribution in [3.8, 4) is 0 Å². The van der Waals surface area contributed by atoms with E-state index in [1.54, 1.807) is 5.57 Å². The maximum atomic E-state index is 2.45. The van der Waals surface area contributed by atoms with E-state index in [4.69, 9.17) is 0 Å². The summed E-state index contributed by atoms with van der Waals surface area (Å²) in [6, 6.07) is 4.64. The third kappa shape index (κ3) is 2.12. The van der Waals surface area contributed by atoms with E-state index in [1.807, 2.05) is 0 Å². The molecule has 0 fully saturated rings. The van der Waals surface area contributed by atoms with Crippen LogP contribution in [0.2, 0.25) is 0 Å². The maximum absolute atomic E-state index is 2.45. The van der Waals surface area contributed by atoms with Gasteiger partial charge in [0.1, 0.15) is 5.70 Å². The molecule has 0 atom stereocenters. The van der Waals surface area contributed by atoms with Gasteiger partial charge in [-0.05, 0) is 46.4 Å². The molecule has 0 saturated carbocycles. The molecule has 0 aliphatic heterocycles. The van der Waals surface area contributed by atoms with E-state index in [0.29, 0.717) is 0 Å². The van der Waals surface area contributed by atoms with E-state index < -0.39 is 0 Å². The van der Waals surface area contributed by atoms with Gasteiger partial charge in [-0.15, -0.1) is 0 Å². The number of hydrogen-bond donors (Lipinski definition) is 0. The molecule has 3 aliphatic carbocycles. The third-order valence-corrected chi connectivity index (χ3v) is 5.14. The van der Waals surface area contributed by atoms with Crippen LogP contribution < -0.4 is 10.4 Å². The van der Waals surface area contributed by atoms with Crippen LogP contribution in [0, 0.1) is 0 Å². The molecular formula is C21H24N+. The summed E-state index contributed by atoms with van der Waals surface area (Å²) in [4.78, 5) is 0. The van der Waals surface area contributed by atoms with Crippen LogP contribution in [0.15, 0.2) is 35.6 Å². The third-order valence-electron chi connectivity index (χ3n) is 5.14. The van der Waals surface area contributed by atoms with Crippen LogP contribution in [0.25, 0.3) is 23.8 Å². The number of benzene rings is 1. The van der Waals surface area contributed by atoms with Gasteiger partial charge in [-0.2, -0.15) is 0 Å². The lowest BCUT2D eigenvalue weighted by Gasteiger charge is -2.28. The normalized spacial score (nSPS) is 19.5. The van der Waals surface area contributed by atoms with Crippen LogP contribution in [0.4, 0.5) is 0 Å². The van der Waals surface area contributed by atoms with Gasteiger partial charge in [-0.1, -0.05) is 42.0 Å². The topological polar surface area (TPSA) is 0 Å². The lowest BCUT2D eigenvalue weighted by Crippen LogP contribution is -2.38. The van der Waals surface area contributed by atoms with Crippen molar-refractivity contribution in [2.45, 2.75) is 25.7 Å². The fraction of sp³-hybridized carbons (Fsp3) is 0.333. The van der Waals surface area contributed by atoms with E-state index in [0.717, 1.165) is 17.3 Å². The molecule has 0 aromatic heterocycles. The molecule has 3 aliphatic rings. The Morgan fingerprint density at radius 1 is 0.955 bits per heavy atom. The van der Waals surface area contributed by atoms with Crippen molar-refractivity contribution < 1.29 is 4.48 Å². The van der Waals surface area contributed by atoms with Gasteiger partial charge < -0.3 is 4.48 Å². The number of fused-ring (bicyclic) bond motifs is 4. The minimum Gasteiger partial charge on any atom is -0.302 e. The van der Waals surface area contributed by atoms with E-state index in [1.165, 1.54) is 45.7 Å². The smallest absolute Gasteiger partial charge is 0.113 e. The Morgan fingerprint density at radius 3 is 2.59 bits per heavy atom. The van der Waals surface area contributed by atoms with Crippen LogP contribution in [0.3, 0.4) is 0 Å². The molecule has 1 aromatic rings. The molecule has 1 heteroatoms. The van der Waals surface area contributed by atoms with Gasteiger partial charge in [0.25, 0.3) is 0 Å². The molecule has 0 bridgehead atoms. The minimum absolute atomic E-state index is 0.911. The Labute approximate surface area is 132 Å². The van der Waals surface area contributed by atoms with Crippen molar-refractivity contribution in [2.75, 3.05) is 21.1 Å². The second-order valence-corrected chi connectivity index (χ2v) is 7.45. The molecule has 22 heavy (non-hydrogen) atoms. The van der Waals surface area contributed by atoms with Crippen LogP contribution in [-0.4, -0.2) is 25.6 Å². The number of allylic oxidation sites excluding steroid dienone is 5. The molecular weight excluding hydrogens is 266 g/mol. The average Bonchev–Trinajstić information content (AvgIpc) is 2.52. The summed E-state index contributed by atoms with van der Waals surface area (Å²) in [7, 11) is 6.75. The van der Waals surface area contributed by atoms with Crippen molar-refractivity contribution in [3.05, 3.63) is 57.1 Å². The predicted molar refractivity (Wildman–Crippen MR) is 95.2 cm³/mol. The molecule has 0 spiro atoms. The molecule has 0 saturated heterocycles. The Kier molecular flexibility index (Phi) is 3.02.